The molecule has 1 unspecified atom stereocenters. The molecule has 1 atom stereocenters. The van der Waals surface area contributed by atoms with Crippen LogP contribution < -0.4 is 0 Å². The van der Waals surface area contributed by atoms with Crippen LogP contribution in [0.25, 0.3) is 0 Å². The molecule has 3 heteroatoms. The number of piperidine rings is 1. The molecule has 0 N–H and O–H groups in total. The molecule has 0 radical (unpaired) electrons. The summed E-state index contributed by atoms with van der Waals surface area (Å²) in [5, 5.41) is 0. The minimum atomic E-state index is 0.110. The van der Waals surface area contributed by atoms with Crippen molar-refractivity contribution in [2.45, 2.75) is 33.1 Å². The number of amides is 1. The van der Waals surface area contributed by atoms with Gasteiger partial charge in [0.05, 0.1) is 6.54 Å². The molecule has 13 heavy (non-hydrogen) atoms. The predicted molar refractivity (Wildman–Crippen MR) is 50.3 cm³/mol. The van der Waals surface area contributed by atoms with Crippen LogP contribution >= 0.6 is 0 Å². The maximum atomic E-state index is 11.6. The zero-order valence-corrected chi connectivity index (χ0v) is 8.38. The van der Waals surface area contributed by atoms with Gasteiger partial charge in [-0.2, -0.15) is 0 Å². The van der Waals surface area contributed by atoms with Crippen LogP contribution in [0.4, 0.5) is 0 Å². The maximum absolute atomic E-state index is 11.6. The van der Waals surface area contributed by atoms with Crippen LogP contribution in [0.15, 0.2) is 0 Å². The highest BCUT2D eigenvalue weighted by atomic mass is 16.2. The molecule has 0 saturated carbocycles. The molecule has 0 aromatic carbocycles. The molecule has 1 aliphatic heterocycles. The fraction of sp³-hybridized carbons (Fsp3) is 0.800. The van der Waals surface area contributed by atoms with Crippen molar-refractivity contribution in [3.8, 4) is 0 Å². The first-order valence-corrected chi connectivity index (χ1v) is 4.95. The van der Waals surface area contributed by atoms with E-state index in [9.17, 15) is 9.59 Å². The Morgan fingerprint density at radius 2 is 2.31 bits per heavy atom. The van der Waals surface area contributed by atoms with Gasteiger partial charge in [0.1, 0.15) is 0 Å². The zero-order chi connectivity index (χ0) is 9.84. The minimum Gasteiger partial charge on any atom is -0.335 e. The van der Waals surface area contributed by atoms with Gasteiger partial charge in [-0.3, -0.25) is 9.59 Å². The normalized spacial score (nSPS) is 23.4. The van der Waals surface area contributed by atoms with Gasteiger partial charge in [-0.15, -0.1) is 0 Å². The lowest BCUT2D eigenvalue weighted by Crippen LogP contribution is -2.42. The van der Waals surface area contributed by atoms with E-state index in [2.05, 4.69) is 0 Å². The Morgan fingerprint density at radius 3 is 2.92 bits per heavy atom. The highest BCUT2D eigenvalue weighted by molar-refractivity contribution is 5.87. The standard InChI is InChI=1S/C10H17NO2/c1-3-9(12)7-11-6-4-5-8(2)10(11)13/h8H,3-7H2,1-2H3. The van der Waals surface area contributed by atoms with E-state index in [1.54, 1.807) is 4.90 Å². The summed E-state index contributed by atoms with van der Waals surface area (Å²) in [6, 6.07) is 0. The Hall–Kier alpha value is -0.860. The van der Waals surface area contributed by atoms with Crippen LogP contribution in [0.5, 0.6) is 0 Å². The van der Waals surface area contributed by atoms with Gasteiger partial charge in [0.25, 0.3) is 0 Å². The van der Waals surface area contributed by atoms with E-state index in [4.69, 9.17) is 0 Å². The Balaban J connectivity index is 2.49. The molecule has 0 bridgehead atoms. The van der Waals surface area contributed by atoms with Crippen molar-refractivity contribution >= 4 is 11.7 Å². The average Bonchev–Trinajstić information content (AvgIpc) is 2.13. The van der Waals surface area contributed by atoms with Crippen molar-refractivity contribution < 1.29 is 9.59 Å². The molecule has 3 nitrogen and oxygen atoms in total. The van der Waals surface area contributed by atoms with Gasteiger partial charge in [-0.05, 0) is 12.8 Å². The van der Waals surface area contributed by atoms with E-state index in [0.717, 1.165) is 19.4 Å². The van der Waals surface area contributed by atoms with Crippen LogP contribution in [0, 0.1) is 5.92 Å². The summed E-state index contributed by atoms with van der Waals surface area (Å²) in [5.74, 6) is 0.411. The van der Waals surface area contributed by atoms with Crippen LogP contribution in [0.1, 0.15) is 33.1 Å². The summed E-state index contributed by atoms with van der Waals surface area (Å²) >= 11 is 0. The number of nitrogens with zero attached hydrogens (tertiary/aromatic N) is 1. The number of rotatable bonds is 3. The van der Waals surface area contributed by atoms with E-state index in [0.29, 0.717) is 13.0 Å². The number of hydrogen-bond acceptors (Lipinski definition) is 2. The van der Waals surface area contributed by atoms with Crippen molar-refractivity contribution in [3.05, 3.63) is 0 Å². The zero-order valence-electron chi connectivity index (χ0n) is 8.38. The Morgan fingerprint density at radius 1 is 1.62 bits per heavy atom. The predicted octanol–water partition coefficient (Wildman–Crippen LogP) is 1.22. The molecule has 1 heterocycles. The van der Waals surface area contributed by atoms with Gasteiger partial charge in [-0.1, -0.05) is 13.8 Å². The van der Waals surface area contributed by atoms with Crippen molar-refractivity contribution in [1.29, 1.82) is 0 Å². The summed E-state index contributed by atoms with van der Waals surface area (Å²) in [7, 11) is 0. The Bertz CT molecular complexity index is 213. The summed E-state index contributed by atoms with van der Waals surface area (Å²) in [6.07, 6.45) is 2.53. The molecule has 0 aromatic heterocycles. The van der Waals surface area contributed by atoms with E-state index in [-0.39, 0.29) is 17.6 Å². The molecule has 0 spiro atoms. The molecule has 1 amide bonds. The number of hydrogen-bond donors (Lipinski definition) is 0. The highest BCUT2D eigenvalue weighted by Gasteiger charge is 2.25. The first-order valence-electron chi connectivity index (χ1n) is 4.95. The smallest absolute Gasteiger partial charge is 0.225 e. The molecule has 0 aliphatic carbocycles. The van der Waals surface area contributed by atoms with Gasteiger partial charge in [0.2, 0.25) is 5.91 Å². The largest absolute Gasteiger partial charge is 0.335 e. The van der Waals surface area contributed by atoms with Crippen LogP contribution in [0.3, 0.4) is 0 Å². The first kappa shape index (κ1) is 10.2. The maximum Gasteiger partial charge on any atom is 0.225 e. The number of carbonyl (C=O) groups is 2. The van der Waals surface area contributed by atoms with Crippen molar-refractivity contribution in [2.24, 2.45) is 5.92 Å². The first-order chi connectivity index (χ1) is 6.15. The summed E-state index contributed by atoms with van der Waals surface area (Å²) in [4.78, 5) is 24.4. The van der Waals surface area contributed by atoms with Crippen molar-refractivity contribution in [3.63, 3.8) is 0 Å². The third-order valence-electron chi connectivity index (χ3n) is 2.56. The second kappa shape index (κ2) is 4.40. The molecular weight excluding hydrogens is 166 g/mol. The number of Topliss-reactive ketones (excluding diaryl/α,β-unsaturated/α-hetero) is 1. The van der Waals surface area contributed by atoms with Gasteiger partial charge >= 0.3 is 0 Å². The molecule has 0 aromatic rings. The second-order valence-electron chi connectivity index (χ2n) is 3.70. The van der Waals surface area contributed by atoms with E-state index >= 15 is 0 Å². The fourth-order valence-electron chi connectivity index (χ4n) is 1.62. The minimum absolute atomic E-state index is 0.110. The lowest BCUT2D eigenvalue weighted by molar-refractivity contribution is -0.140. The third-order valence-corrected chi connectivity index (χ3v) is 2.56. The number of carbonyl (C=O) groups excluding carboxylic acids is 2. The van der Waals surface area contributed by atoms with Crippen LogP contribution in [0.2, 0.25) is 0 Å². The van der Waals surface area contributed by atoms with Crippen molar-refractivity contribution in [1.82, 2.24) is 4.90 Å². The molecule has 1 aliphatic rings. The van der Waals surface area contributed by atoms with Gasteiger partial charge in [0.15, 0.2) is 5.78 Å². The quantitative estimate of drug-likeness (QED) is 0.659. The Labute approximate surface area is 79.1 Å². The van der Waals surface area contributed by atoms with Gasteiger partial charge in [-0.25, -0.2) is 0 Å². The molecule has 74 valence electrons. The Kier molecular flexibility index (Phi) is 3.46. The van der Waals surface area contributed by atoms with E-state index in [1.807, 2.05) is 13.8 Å². The fourth-order valence-corrected chi connectivity index (χ4v) is 1.62. The van der Waals surface area contributed by atoms with Crippen LogP contribution in [-0.4, -0.2) is 29.7 Å². The molecule has 1 saturated heterocycles. The topological polar surface area (TPSA) is 37.4 Å². The molecule has 1 fully saturated rings. The van der Waals surface area contributed by atoms with E-state index < -0.39 is 0 Å². The molecule has 1 rings (SSSR count). The second-order valence-corrected chi connectivity index (χ2v) is 3.70. The summed E-state index contributed by atoms with van der Waals surface area (Å²) in [5.41, 5.74) is 0. The monoisotopic (exact) mass is 183 g/mol. The molecular formula is C10H17NO2. The number of likely N-dealkylation sites (tertiary alicyclic amines) is 1. The van der Waals surface area contributed by atoms with Crippen molar-refractivity contribution in [2.75, 3.05) is 13.1 Å². The summed E-state index contributed by atoms with van der Waals surface area (Å²) in [6.45, 7) is 4.85. The lowest BCUT2D eigenvalue weighted by atomic mass is 9.99. The van der Waals surface area contributed by atoms with Gasteiger partial charge in [0, 0.05) is 18.9 Å². The highest BCUT2D eigenvalue weighted by Crippen LogP contribution is 2.16. The lowest BCUT2D eigenvalue weighted by Gasteiger charge is -2.29. The SMILES string of the molecule is CCC(=O)CN1CCCC(C)C1=O. The van der Waals surface area contributed by atoms with Gasteiger partial charge < -0.3 is 4.90 Å². The van der Waals surface area contributed by atoms with Crippen LogP contribution in [-0.2, 0) is 9.59 Å². The van der Waals surface area contributed by atoms with E-state index in [1.165, 1.54) is 0 Å². The number of ketones is 1. The summed E-state index contributed by atoms with van der Waals surface area (Å²) < 4.78 is 0. The average molecular weight is 183 g/mol. The third kappa shape index (κ3) is 2.54.